The van der Waals surface area contributed by atoms with Crippen molar-refractivity contribution < 1.29 is 5.11 Å². The fraction of sp³-hybridized carbons (Fsp3) is 0.688. The van der Waals surface area contributed by atoms with Crippen LogP contribution in [0.3, 0.4) is 0 Å². The Kier molecular flexibility index (Phi) is 8.03. The number of unbranched alkanes of at least 4 members (excludes halogenated alkanes) is 7. The van der Waals surface area contributed by atoms with Crippen molar-refractivity contribution in [2.75, 3.05) is 11.9 Å². The molecule has 1 heterocycles. The molecule has 1 rings (SSSR count). The van der Waals surface area contributed by atoms with Crippen LogP contribution < -0.4 is 5.32 Å². The predicted molar refractivity (Wildman–Crippen MR) is 81.7 cm³/mol. The normalized spacial score (nSPS) is 10.6. The fourth-order valence-corrected chi connectivity index (χ4v) is 2.18. The van der Waals surface area contributed by atoms with Crippen molar-refractivity contribution >= 4 is 5.69 Å². The molecule has 0 spiro atoms. The van der Waals surface area contributed by atoms with E-state index in [0.29, 0.717) is 5.69 Å². The van der Waals surface area contributed by atoms with Gasteiger partial charge in [0.25, 0.3) is 0 Å². The Morgan fingerprint density at radius 2 is 1.68 bits per heavy atom. The summed E-state index contributed by atoms with van der Waals surface area (Å²) in [7, 11) is 0. The van der Waals surface area contributed by atoms with Gasteiger partial charge in [0, 0.05) is 12.7 Å². The van der Waals surface area contributed by atoms with Crippen molar-refractivity contribution in [3.05, 3.63) is 18.0 Å². The third kappa shape index (κ3) is 6.46. The predicted octanol–water partition coefficient (Wildman–Crippen LogP) is 4.65. The van der Waals surface area contributed by atoms with Crippen molar-refractivity contribution in [1.82, 2.24) is 4.98 Å². The lowest BCUT2D eigenvalue weighted by molar-refractivity contribution is 0.469. The van der Waals surface area contributed by atoms with Crippen LogP contribution in [-0.2, 0) is 0 Å². The van der Waals surface area contributed by atoms with E-state index in [1.54, 1.807) is 6.20 Å². The summed E-state index contributed by atoms with van der Waals surface area (Å²) >= 11 is 0. The Balaban J connectivity index is 2.03. The minimum absolute atomic E-state index is 0.280. The molecule has 3 nitrogen and oxygen atoms in total. The lowest BCUT2D eigenvalue weighted by atomic mass is 10.1. The van der Waals surface area contributed by atoms with Gasteiger partial charge in [-0.15, -0.1) is 0 Å². The smallest absolute Gasteiger partial charge is 0.160 e. The molecule has 0 unspecified atom stereocenters. The number of aromatic hydroxyl groups is 1. The standard InChI is InChI=1S/C16H28N2O/c1-3-4-5-6-7-8-9-10-12-18-15-11-13-17-14(2)16(15)19/h11,13,19H,3-10,12H2,1-2H3,(H,17,18). The van der Waals surface area contributed by atoms with Crippen LogP contribution in [-0.4, -0.2) is 16.6 Å². The summed E-state index contributed by atoms with van der Waals surface area (Å²) in [4.78, 5) is 4.04. The van der Waals surface area contributed by atoms with Gasteiger partial charge in [-0.3, -0.25) is 4.98 Å². The molecule has 0 amide bonds. The van der Waals surface area contributed by atoms with Crippen LogP contribution in [0.2, 0.25) is 0 Å². The van der Waals surface area contributed by atoms with E-state index in [9.17, 15) is 5.11 Å². The Labute approximate surface area is 117 Å². The molecule has 0 aromatic carbocycles. The zero-order chi connectivity index (χ0) is 13.9. The van der Waals surface area contributed by atoms with Crippen molar-refractivity contribution in [3.63, 3.8) is 0 Å². The molecule has 108 valence electrons. The van der Waals surface area contributed by atoms with E-state index >= 15 is 0 Å². The minimum Gasteiger partial charge on any atom is -0.504 e. The van der Waals surface area contributed by atoms with Crippen LogP contribution in [0.1, 0.15) is 64.0 Å². The van der Waals surface area contributed by atoms with Gasteiger partial charge in [-0.25, -0.2) is 0 Å². The zero-order valence-corrected chi connectivity index (χ0v) is 12.4. The van der Waals surface area contributed by atoms with Crippen molar-refractivity contribution in [1.29, 1.82) is 0 Å². The molecule has 0 atom stereocenters. The number of anilines is 1. The number of pyridine rings is 1. The van der Waals surface area contributed by atoms with Gasteiger partial charge in [0.1, 0.15) is 0 Å². The van der Waals surface area contributed by atoms with Crippen LogP contribution in [0.5, 0.6) is 5.75 Å². The van der Waals surface area contributed by atoms with E-state index in [2.05, 4.69) is 17.2 Å². The van der Waals surface area contributed by atoms with Gasteiger partial charge >= 0.3 is 0 Å². The molecular weight excluding hydrogens is 236 g/mol. The molecule has 0 aliphatic heterocycles. The van der Waals surface area contributed by atoms with E-state index in [4.69, 9.17) is 0 Å². The van der Waals surface area contributed by atoms with Gasteiger partial charge in [-0.2, -0.15) is 0 Å². The molecule has 3 heteroatoms. The zero-order valence-electron chi connectivity index (χ0n) is 12.4. The highest BCUT2D eigenvalue weighted by Gasteiger charge is 2.03. The summed E-state index contributed by atoms with van der Waals surface area (Å²) in [6, 6.07) is 1.83. The molecule has 2 N–H and O–H groups in total. The molecule has 0 saturated carbocycles. The Bertz CT molecular complexity index is 353. The van der Waals surface area contributed by atoms with Crippen LogP contribution in [0.4, 0.5) is 5.69 Å². The molecule has 1 aromatic heterocycles. The largest absolute Gasteiger partial charge is 0.504 e. The summed E-state index contributed by atoms with van der Waals surface area (Å²) in [5, 5.41) is 13.1. The van der Waals surface area contributed by atoms with E-state index in [-0.39, 0.29) is 5.75 Å². The molecular formula is C16H28N2O. The van der Waals surface area contributed by atoms with Crippen molar-refractivity contribution in [2.24, 2.45) is 0 Å². The third-order valence-corrected chi connectivity index (χ3v) is 3.45. The highest BCUT2D eigenvalue weighted by Crippen LogP contribution is 2.24. The van der Waals surface area contributed by atoms with E-state index < -0.39 is 0 Å². The maximum atomic E-state index is 9.80. The highest BCUT2D eigenvalue weighted by atomic mass is 16.3. The van der Waals surface area contributed by atoms with Gasteiger partial charge in [0.15, 0.2) is 5.75 Å². The number of nitrogens with one attached hydrogen (secondary N) is 1. The van der Waals surface area contributed by atoms with Gasteiger partial charge in [-0.1, -0.05) is 51.9 Å². The Hall–Kier alpha value is -1.25. The molecule has 0 saturated heterocycles. The number of hydrogen-bond acceptors (Lipinski definition) is 3. The Morgan fingerprint density at radius 3 is 2.37 bits per heavy atom. The van der Waals surface area contributed by atoms with E-state index in [1.165, 1.54) is 44.9 Å². The number of rotatable bonds is 10. The lowest BCUT2D eigenvalue weighted by Gasteiger charge is -2.09. The van der Waals surface area contributed by atoms with Crippen LogP contribution in [0, 0.1) is 6.92 Å². The lowest BCUT2D eigenvalue weighted by Crippen LogP contribution is -2.02. The van der Waals surface area contributed by atoms with Crippen molar-refractivity contribution in [2.45, 2.75) is 65.2 Å². The first kappa shape index (κ1) is 15.8. The molecule has 0 aliphatic rings. The maximum Gasteiger partial charge on any atom is 0.160 e. The summed E-state index contributed by atoms with van der Waals surface area (Å²) < 4.78 is 0. The van der Waals surface area contributed by atoms with Crippen LogP contribution >= 0.6 is 0 Å². The molecule has 0 fully saturated rings. The Morgan fingerprint density at radius 1 is 1.05 bits per heavy atom. The van der Waals surface area contributed by atoms with Crippen LogP contribution in [0.15, 0.2) is 12.3 Å². The van der Waals surface area contributed by atoms with Gasteiger partial charge < -0.3 is 10.4 Å². The average Bonchev–Trinajstić information content (AvgIpc) is 2.41. The molecule has 19 heavy (non-hydrogen) atoms. The summed E-state index contributed by atoms with van der Waals surface area (Å²) in [6.07, 6.45) is 12.3. The second kappa shape index (κ2) is 9.65. The molecule has 0 radical (unpaired) electrons. The van der Waals surface area contributed by atoms with Crippen LogP contribution in [0.25, 0.3) is 0 Å². The third-order valence-electron chi connectivity index (χ3n) is 3.45. The molecule has 1 aromatic rings. The first-order valence-electron chi connectivity index (χ1n) is 7.64. The number of hydrogen-bond donors (Lipinski definition) is 2. The second-order valence-corrected chi connectivity index (χ2v) is 5.19. The van der Waals surface area contributed by atoms with Gasteiger partial charge in [-0.05, 0) is 19.4 Å². The summed E-state index contributed by atoms with van der Waals surface area (Å²) in [6.45, 7) is 4.99. The van der Waals surface area contributed by atoms with Gasteiger partial charge in [0.05, 0.1) is 11.4 Å². The van der Waals surface area contributed by atoms with Gasteiger partial charge in [0.2, 0.25) is 0 Å². The average molecular weight is 264 g/mol. The SMILES string of the molecule is CCCCCCCCCCNc1ccnc(C)c1O. The fourth-order valence-electron chi connectivity index (χ4n) is 2.18. The molecule has 0 bridgehead atoms. The maximum absolute atomic E-state index is 9.80. The van der Waals surface area contributed by atoms with Crippen molar-refractivity contribution in [3.8, 4) is 5.75 Å². The number of aromatic nitrogens is 1. The number of aryl methyl sites for hydroxylation is 1. The molecule has 0 aliphatic carbocycles. The first-order chi connectivity index (χ1) is 9.25. The van der Waals surface area contributed by atoms with E-state index in [1.807, 2.05) is 13.0 Å². The van der Waals surface area contributed by atoms with E-state index in [0.717, 1.165) is 18.7 Å². The second-order valence-electron chi connectivity index (χ2n) is 5.19. The first-order valence-corrected chi connectivity index (χ1v) is 7.64. The topological polar surface area (TPSA) is 45.2 Å². The quantitative estimate of drug-likeness (QED) is 0.605. The summed E-state index contributed by atoms with van der Waals surface area (Å²) in [5.74, 6) is 0.280. The number of nitrogens with zero attached hydrogens (tertiary/aromatic N) is 1. The minimum atomic E-state index is 0.280. The summed E-state index contributed by atoms with van der Waals surface area (Å²) in [5.41, 5.74) is 1.48. The monoisotopic (exact) mass is 264 g/mol. The highest BCUT2D eigenvalue weighted by molar-refractivity contribution is 5.56.